The van der Waals surface area contributed by atoms with Crippen molar-refractivity contribution in [1.29, 1.82) is 0 Å². The van der Waals surface area contributed by atoms with Crippen LogP contribution in [0.15, 0.2) is 54.6 Å². The Kier molecular flexibility index (Phi) is 9.38. The van der Waals surface area contributed by atoms with Crippen LogP contribution in [0.3, 0.4) is 0 Å². The number of unbranched alkanes of at least 4 members (excludes halogenated alkanes) is 1. The average molecular weight is 588 g/mol. The highest BCUT2D eigenvalue weighted by Gasteiger charge is 2.43. The molecule has 1 aliphatic rings. The summed E-state index contributed by atoms with van der Waals surface area (Å²) in [5.41, 5.74) is 0.482. The zero-order valence-corrected chi connectivity index (χ0v) is 23.6. The van der Waals surface area contributed by atoms with Gasteiger partial charge in [-0.15, -0.1) is 0 Å². The molecule has 2 unspecified atom stereocenters. The average Bonchev–Trinajstić information content (AvgIpc) is 2.94. The van der Waals surface area contributed by atoms with Gasteiger partial charge in [0.15, 0.2) is 0 Å². The first-order chi connectivity index (χ1) is 19.5. The van der Waals surface area contributed by atoms with Crippen LogP contribution >= 0.6 is 7.82 Å². The summed E-state index contributed by atoms with van der Waals surface area (Å²) in [6.45, 7) is 1.81. The molecule has 3 aromatic carbocycles. The smallest absolute Gasteiger partial charge is 0.471 e. The SMILES string of the molecule is COP(=O)(O)OCC(CO)CCCCNC(=O)c1ccc(C)c(C2(O)c3ccc(O)cc3Oc3cc(O)ccc32)c1. The fourth-order valence-electron chi connectivity index (χ4n) is 4.84. The van der Waals surface area contributed by atoms with E-state index in [1.807, 2.05) is 6.92 Å². The molecule has 220 valence electrons. The van der Waals surface area contributed by atoms with E-state index in [-0.39, 0.29) is 48.0 Å². The van der Waals surface area contributed by atoms with Crippen LogP contribution in [0.5, 0.6) is 23.0 Å². The number of benzene rings is 3. The predicted octanol–water partition coefficient (Wildman–Crippen LogP) is 4.07. The van der Waals surface area contributed by atoms with Crippen molar-refractivity contribution in [2.45, 2.75) is 31.8 Å². The molecule has 0 aliphatic carbocycles. The van der Waals surface area contributed by atoms with Crippen molar-refractivity contribution in [1.82, 2.24) is 5.32 Å². The number of amides is 1. The van der Waals surface area contributed by atoms with Crippen molar-refractivity contribution in [3.63, 3.8) is 0 Å². The molecule has 2 atom stereocenters. The molecule has 0 fully saturated rings. The molecule has 3 aromatic rings. The van der Waals surface area contributed by atoms with E-state index in [1.165, 1.54) is 24.3 Å². The second-order valence-corrected chi connectivity index (χ2v) is 11.5. The van der Waals surface area contributed by atoms with Crippen molar-refractivity contribution in [2.24, 2.45) is 5.92 Å². The van der Waals surface area contributed by atoms with E-state index in [0.717, 1.165) is 7.11 Å². The van der Waals surface area contributed by atoms with Crippen molar-refractivity contribution < 1.29 is 48.5 Å². The van der Waals surface area contributed by atoms with Gasteiger partial charge < -0.3 is 35.4 Å². The number of phenolic OH excluding ortho intramolecular Hbond substituents is 2. The Morgan fingerprint density at radius 1 is 1.00 bits per heavy atom. The number of carbonyl (C=O) groups is 1. The van der Waals surface area contributed by atoms with Gasteiger partial charge in [-0.05, 0) is 67.3 Å². The maximum Gasteiger partial charge on any atom is 0.471 e. The number of phenols is 2. The lowest BCUT2D eigenvalue weighted by Crippen LogP contribution is -2.34. The third kappa shape index (κ3) is 6.73. The number of phosphoric acid groups is 1. The van der Waals surface area contributed by atoms with Crippen molar-refractivity contribution in [3.8, 4) is 23.0 Å². The van der Waals surface area contributed by atoms with E-state index in [4.69, 9.17) is 9.26 Å². The van der Waals surface area contributed by atoms with Crippen LogP contribution in [0.1, 0.15) is 51.9 Å². The van der Waals surface area contributed by atoms with Gasteiger partial charge in [0.05, 0.1) is 6.61 Å². The number of hydrogen-bond acceptors (Lipinski definition) is 9. The van der Waals surface area contributed by atoms with Crippen molar-refractivity contribution in [3.05, 3.63) is 82.4 Å². The molecule has 1 amide bonds. The number of aliphatic hydroxyl groups excluding tert-OH is 1. The highest BCUT2D eigenvalue weighted by Crippen LogP contribution is 2.52. The lowest BCUT2D eigenvalue weighted by Gasteiger charge is -2.37. The third-order valence-electron chi connectivity index (χ3n) is 7.11. The van der Waals surface area contributed by atoms with E-state index in [0.29, 0.717) is 53.6 Å². The van der Waals surface area contributed by atoms with Crippen LogP contribution in [-0.4, -0.2) is 58.1 Å². The Labute approximate surface area is 237 Å². The lowest BCUT2D eigenvalue weighted by atomic mass is 9.76. The van der Waals surface area contributed by atoms with Crippen molar-refractivity contribution in [2.75, 3.05) is 26.9 Å². The Hall–Kier alpha value is -3.44. The predicted molar refractivity (Wildman–Crippen MR) is 149 cm³/mol. The van der Waals surface area contributed by atoms with Gasteiger partial charge in [0.1, 0.15) is 28.6 Å². The van der Waals surface area contributed by atoms with Gasteiger partial charge >= 0.3 is 7.82 Å². The van der Waals surface area contributed by atoms with Gasteiger partial charge in [0.25, 0.3) is 5.91 Å². The molecular weight excluding hydrogens is 553 g/mol. The summed E-state index contributed by atoms with van der Waals surface area (Å²) in [7, 11) is -3.05. The number of aromatic hydroxyl groups is 2. The van der Waals surface area contributed by atoms with Crippen molar-refractivity contribution >= 4 is 13.7 Å². The van der Waals surface area contributed by atoms with Gasteiger partial charge in [-0.25, -0.2) is 4.57 Å². The first-order valence-electron chi connectivity index (χ1n) is 13.1. The molecule has 6 N–H and O–H groups in total. The second kappa shape index (κ2) is 12.6. The Balaban J connectivity index is 1.48. The van der Waals surface area contributed by atoms with E-state index >= 15 is 0 Å². The summed E-state index contributed by atoms with van der Waals surface area (Å²) in [5, 5.41) is 44.7. The van der Waals surface area contributed by atoms with Crippen LogP contribution in [0, 0.1) is 12.8 Å². The quantitative estimate of drug-likeness (QED) is 0.134. The number of rotatable bonds is 12. The highest BCUT2D eigenvalue weighted by atomic mass is 31.2. The number of aliphatic hydroxyl groups is 2. The van der Waals surface area contributed by atoms with E-state index in [2.05, 4.69) is 9.84 Å². The summed E-state index contributed by atoms with van der Waals surface area (Å²) in [6.07, 6.45) is 1.74. The molecule has 0 saturated carbocycles. The zero-order chi connectivity index (χ0) is 29.8. The van der Waals surface area contributed by atoms with Gasteiger partial charge in [0, 0.05) is 55.0 Å². The van der Waals surface area contributed by atoms with Gasteiger partial charge in [0.2, 0.25) is 0 Å². The number of nitrogens with one attached hydrogen (secondary N) is 1. The largest absolute Gasteiger partial charge is 0.508 e. The topological polar surface area (TPSA) is 175 Å². The van der Waals surface area contributed by atoms with Gasteiger partial charge in [-0.1, -0.05) is 12.5 Å². The fourth-order valence-corrected chi connectivity index (χ4v) is 5.34. The molecule has 0 aromatic heterocycles. The van der Waals surface area contributed by atoms with Crippen LogP contribution in [0.25, 0.3) is 0 Å². The highest BCUT2D eigenvalue weighted by molar-refractivity contribution is 7.47. The van der Waals surface area contributed by atoms with Crippen LogP contribution in [0.4, 0.5) is 0 Å². The second-order valence-electron chi connectivity index (χ2n) is 9.95. The molecule has 12 heteroatoms. The minimum absolute atomic E-state index is 0.0549. The van der Waals surface area contributed by atoms with Gasteiger partial charge in [-0.3, -0.25) is 13.8 Å². The molecule has 4 rings (SSSR count). The maximum absolute atomic E-state index is 13.1. The van der Waals surface area contributed by atoms with Crippen LogP contribution < -0.4 is 10.1 Å². The molecule has 11 nitrogen and oxygen atoms in total. The summed E-state index contributed by atoms with van der Waals surface area (Å²) in [5.74, 6) is -0.370. The number of carbonyl (C=O) groups excluding carboxylic acids is 1. The molecule has 1 heterocycles. The van der Waals surface area contributed by atoms with E-state index in [1.54, 1.807) is 30.3 Å². The summed E-state index contributed by atoms with van der Waals surface area (Å²) < 4.78 is 26.5. The number of aryl methyl sites for hydroxylation is 1. The van der Waals surface area contributed by atoms with Crippen LogP contribution in [0.2, 0.25) is 0 Å². The maximum atomic E-state index is 13.1. The standard InChI is InChI=1S/C29H34NO10P/c1-18-6-7-20(28(34)30-12-4-3-5-19(16-31)17-39-41(36,37)38-2)13-25(18)29(35)23-10-8-21(32)14-26(23)40-27-15-22(33)9-11-24(27)29/h6-11,13-15,19,31-33,35H,3-5,12,16-17H2,1-2H3,(H,30,34)(H,36,37). The Morgan fingerprint density at radius 2 is 1.63 bits per heavy atom. The zero-order valence-electron chi connectivity index (χ0n) is 22.7. The normalized spacial score (nSPS) is 15.6. The monoisotopic (exact) mass is 587 g/mol. The van der Waals surface area contributed by atoms with Crippen LogP contribution in [-0.2, 0) is 19.2 Å². The molecule has 0 bridgehead atoms. The minimum Gasteiger partial charge on any atom is -0.508 e. The number of phosphoric ester groups is 1. The lowest BCUT2D eigenvalue weighted by molar-refractivity contribution is 0.0947. The Bertz CT molecular complexity index is 1410. The molecule has 0 saturated heterocycles. The summed E-state index contributed by atoms with van der Waals surface area (Å²) in [4.78, 5) is 22.4. The fraction of sp³-hybridized carbons (Fsp3) is 0.345. The molecular formula is C29H34NO10P. The van der Waals surface area contributed by atoms with E-state index < -0.39 is 13.4 Å². The number of fused-ring (bicyclic) bond motifs is 2. The molecule has 0 spiro atoms. The molecule has 1 aliphatic heterocycles. The number of ether oxygens (including phenoxy) is 1. The summed E-state index contributed by atoms with van der Waals surface area (Å²) in [6, 6.07) is 13.8. The first kappa shape index (κ1) is 30.5. The molecule has 41 heavy (non-hydrogen) atoms. The number of hydrogen-bond donors (Lipinski definition) is 6. The Morgan fingerprint density at radius 3 is 2.22 bits per heavy atom. The van der Waals surface area contributed by atoms with E-state index in [9.17, 15) is 34.7 Å². The first-order valence-corrected chi connectivity index (χ1v) is 14.6. The third-order valence-corrected chi connectivity index (χ3v) is 8.04. The minimum atomic E-state index is -4.11. The summed E-state index contributed by atoms with van der Waals surface area (Å²) >= 11 is 0. The molecule has 0 radical (unpaired) electrons. The van der Waals surface area contributed by atoms with Gasteiger partial charge in [-0.2, -0.15) is 0 Å².